The Balaban J connectivity index is 1.38. The first-order valence-electron chi connectivity index (χ1n) is 11.5. The molecule has 2 unspecified atom stereocenters. The lowest BCUT2D eigenvalue weighted by atomic mass is 9.97. The Morgan fingerprint density at radius 2 is 1.66 bits per heavy atom. The van der Waals surface area contributed by atoms with Crippen molar-refractivity contribution < 1.29 is 18.0 Å². The quantitative estimate of drug-likeness (QED) is 0.680. The van der Waals surface area contributed by atoms with Crippen molar-refractivity contribution in [1.29, 1.82) is 0 Å². The van der Waals surface area contributed by atoms with Crippen LogP contribution in [0.4, 0.5) is 5.69 Å². The van der Waals surface area contributed by atoms with Crippen molar-refractivity contribution in [3.8, 4) is 0 Å². The highest BCUT2D eigenvalue weighted by Gasteiger charge is 2.51. The molecule has 5 rings (SSSR count). The number of nitrogens with zero attached hydrogens (tertiary/aromatic N) is 3. The van der Waals surface area contributed by atoms with Crippen LogP contribution in [-0.4, -0.2) is 66.1 Å². The second-order valence-corrected chi connectivity index (χ2v) is 11.5. The van der Waals surface area contributed by atoms with Crippen LogP contribution in [0.25, 0.3) is 0 Å². The molecule has 1 aromatic carbocycles. The van der Waals surface area contributed by atoms with Crippen LogP contribution in [0.1, 0.15) is 60.0 Å². The van der Waals surface area contributed by atoms with Gasteiger partial charge in [-0.25, -0.2) is 0 Å². The van der Waals surface area contributed by atoms with Crippen LogP contribution in [0.15, 0.2) is 12.1 Å². The molecule has 4 heterocycles. The van der Waals surface area contributed by atoms with Crippen LogP contribution >= 0.6 is 0 Å². The zero-order valence-corrected chi connectivity index (χ0v) is 19.2. The van der Waals surface area contributed by atoms with Crippen molar-refractivity contribution in [2.75, 3.05) is 18.0 Å². The number of primary amides is 1. The Morgan fingerprint density at radius 3 is 2.25 bits per heavy atom. The van der Waals surface area contributed by atoms with Crippen LogP contribution in [0.3, 0.4) is 0 Å². The van der Waals surface area contributed by atoms with Crippen LogP contribution in [0, 0.1) is 6.92 Å². The molecule has 32 heavy (non-hydrogen) atoms. The molecule has 4 aliphatic rings. The van der Waals surface area contributed by atoms with Gasteiger partial charge in [-0.15, -0.1) is 0 Å². The summed E-state index contributed by atoms with van der Waals surface area (Å²) in [5.74, 6) is -0.488. The molecule has 10 heteroatoms. The molecule has 0 aliphatic carbocycles. The molecule has 4 aliphatic heterocycles. The third-order valence-corrected chi connectivity index (χ3v) is 9.81. The Morgan fingerprint density at radius 1 is 1.03 bits per heavy atom. The second kappa shape index (κ2) is 7.79. The van der Waals surface area contributed by atoms with Gasteiger partial charge in [0.25, 0.3) is 10.2 Å². The molecule has 2 atom stereocenters. The number of fused-ring (bicyclic) bond motifs is 3. The van der Waals surface area contributed by atoms with E-state index >= 15 is 0 Å². The van der Waals surface area contributed by atoms with E-state index in [1.807, 2.05) is 17.9 Å². The molecule has 2 amide bonds. The van der Waals surface area contributed by atoms with Crippen LogP contribution in [0.2, 0.25) is 0 Å². The number of carbonyl (C=O) groups excluding carboxylic acids is 2. The topological polar surface area (TPSA) is 130 Å². The zero-order valence-electron chi connectivity index (χ0n) is 18.4. The maximum absolute atomic E-state index is 13.4. The average molecular weight is 462 g/mol. The molecule has 0 radical (unpaired) electrons. The minimum absolute atomic E-state index is 0.00625. The minimum Gasteiger partial charge on any atom is -0.366 e. The Labute approximate surface area is 188 Å². The summed E-state index contributed by atoms with van der Waals surface area (Å²) in [4.78, 5) is 26.5. The molecule has 9 nitrogen and oxygen atoms in total. The lowest BCUT2D eigenvalue weighted by Crippen LogP contribution is -2.57. The van der Waals surface area contributed by atoms with E-state index in [-0.39, 0.29) is 36.5 Å². The molecule has 0 spiro atoms. The van der Waals surface area contributed by atoms with Gasteiger partial charge in [0, 0.05) is 48.5 Å². The predicted octanol–water partition coefficient (Wildman–Crippen LogP) is 0.646. The standard InChI is InChI=1S/C22H31N5O4S/c1-13-8-20-14(9-19(13)22(24)29)10-21(28)26(20)18-11-16-2-3-17(12-18)27(16)32(30,31)25-6-4-15(23)5-7-25/h8-9,15-18H,2-7,10-12,23H2,1H3,(H2,24,29). The van der Waals surface area contributed by atoms with Crippen molar-refractivity contribution >= 4 is 27.7 Å². The third-order valence-electron chi connectivity index (χ3n) is 7.66. The molecule has 1 aromatic rings. The van der Waals surface area contributed by atoms with E-state index in [9.17, 15) is 18.0 Å². The number of anilines is 1. The van der Waals surface area contributed by atoms with Crippen LogP contribution < -0.4 is 16.4 Å². The average Bonchev–Trinajstić information content (AvgIpc) is 3.20. The summed E-state index contributed by atoms with van der Waals surface area (Å²) in [5.41, 5.74) is 14.3. The summed E-state index contributed by atoms with van der Waals surface area (Å²) in [6.07, 6.45) is 4.53. The highest BCUT2D eigenvalue weighted by molar-refractivity contribution is 7.86. The fraction of sp³-hybridized carbons (Fsp3) is 0.636. The molecular weight excluding hydrogens is 430 g/mol. The fourth-order valence-corrected chi connectivity index (χ4v) is 8.16. The van der Waals surface area contributed by atoms with E-state index in [0.717, 1.165) is 29.7 Å². The summed E-state index contributed by atoms with van der Waals surface area (Å²) in [6, 6.07) is 3.46. The van der Waals surface area contributed by atoms with E-state index in [0.29, 0.717) is 44.3 Å². The number of rotatable bonds is 4. The molecule has 0 saturated carbocycles. The number of carbonyl (C=O) groups is 2. The number of hydrogen-bond acceptors (Lipinski definition) is 5. The van der Waals surface area contributed by atoms with Gasteiger partial charge in [0.1, 0.15) is 0 Å². The van der Waals surface area contributed by atoms with Crippen molar-refractivity contribution in [3.05, 3.63) is 28.8 Å². The van der Waals surface area contributed by atoms with E-state index in [2.05, 4.69) is 0 Å². The molecule has 3 saturated heterocycles. The zero-order chi connectivity index (χ0) is 22.8. The van der Waals surface area contributed by atoms with Gasteiger partial charge in [0.15, 0.2) is 0 Å². The largest absolute Gasteiger partial charge is 0.366 e. The smallest absolute Gasteiger partial charge is 0.282 e. The number of amides is 2. The summed E-state index contributed by atoms with van der Waals surface area (Å²) in [5, 5.41) is 0. The molecule has 2 bridgehead atoms. The van der Waals surface area contributed by atoms with Crippen LogP contribution in [0.5, 0.6) is 0 Å². The molecule has 3 fully saturated rings. The number of benzene rings is 1. The number of nitrogens with two attached hydrogens (primary N) is 2. The summed E-state index contributed by atoms with van der Waals surface area (Å²) in [7, 11) is -3.53. The maximum Gasteiger partial charge on any atom is 0.282 e. The highest BCUT2D eigenvalue weighted by atomic mass is 32.2. The van der Waals surface area contributed by atoms with Crippen LogP contribution in [-0.2, 0) is 21.4 Å². The van der Waals surface area contributed by atoms with Gasteiger partial charge in [-0.05, 0) is 68.7 Å². The first-order valence-corrected chi connectivity index (χ1v) is 12.9. The fourth-order valence-electron chi connectivity index (χ4n) is 6.08. The lowest BCUT2D eigenvalue weighted by molar-refractivity contribution is -0.118. The van der Waals surface area contributed by atoms with Gasteiger partial charge in [-0.1, -0.05) is 0 Å². The van der Waals surface area contributed by atoms with Gasteiger partial charge in [-0.2, -0.15) is 17.0 Å². The first kappa shape index (κ1) is 21.8. The normalized spacial score (nSPS) is 29.5. The summed E-state index contributed by atoms with van der Waals surface area (Å²) in [6.45, 7) is 2.77. The van der Waals surface area contributed by atoms with E-state index in [1.54, 1.807) is 14.7 Å². The summed E-state index contributed by atoms with van der Waals surface area (Å²) >= 11 is 0. The van der Waals surface area contributed by atoms with Crippen molar-refractivity contribution in [3.63, 3.8) is 0 Å². The van der Waals surface area contributed by atoms with Gasteiger partial charge in [-0.3, -0.25) is 9.59 Å². The van der Waals surface area contributed by atoms with Gasteiger partial charge >= 0.3 is 0 Å². The molecular formula is C22H31N5O4S. The highest BCUT2D eigenvalue weighted by Crippen LogP contribution is 2.44. The van der Waals surface area contributed by atoms with Crippen molar-refractivity contribution in [2.24, 2.45) is 11.5 Å². The van der Waals surface area contributed by atoms with E-state index in [1.165, 1.54) is 0 Å². The monoisotopic (exact) mass is 461 g/mol. The second-order valence-electron chi connectivity index (χ2n) is 9.69. The molecule has 4 N–H and O–H groups in total. The number of aryl methyl sites for hydroxylation is 1. The van der Waals surface area contributed by atoms with Gasteiger partial charge in [0.05, 0.1) is 6.42 Å². The Bertz CT molecular complexity index is 1050. The Kier molecular flexibility index (Phi) is 5.31. The third kappa shape index (κ3) is 3.44. The minimum atomic E-state index is -3.53. The van der Waals surface area contributed by atoms with E-state index < -0.39 is 16.1 Å². The first-order chi connectivity index (χ1) is 15.2. The number of piperidine rings is 2. The van der Waals surface area contributed by atoms with Gasteiger partial charge < -0.3 is 16.4 Å². The molecule has 174 valence electrons. The number of hydrogen-bond donors (Lipinski definition) is 2. The molecule has 0 aromatic heterocycles. The predicted molar refractivity (Wildman–Crippen MR) is 120 cm³/mol. The van der Waals surface area contributed by atoms with Crippen molar-refractivity contribution in [1.82, 2.24) is 8.61 Å². The van der Waals surface area contributed by atoms with Crippen molar-refractivity contribution in [2.45, 2.75) is 76.0 Å². The van der Waals surface area contributed by atoms with E-state index in [4.69, 9.17) is 11.5 Å². The SMILES string of the molecule is Cc1cc2c(cc1C(N)=O)CC(=O)N2C1CC2CCC(C1)N2S(=O)(=O)N1CCC(N)CC1. The maximum atomic E-state index is 13.4. The lowest BCUT2D eigenvalue weighted by Gasteiger charge is -2.43. The van der Waals surface area contributed by atoms with Gasteiger partial charge in [0.2, 0.25) is 11.8 Å². The Hall–Kier alpha value is -2.01. The summed E-state index contributed by atoms with van der Waals surface area (Å²) < 4.78 is 30.2.